The van der Waals surface area contributed by atoms with Crippen molar-refractivity contribution in [3.8, 4) is 11.6 Å². The summed E-state index contributed by atoms with van der Waals surface area (Å²) < 4.78 is 28.0. The van der Waals surface area contributed by atoms with Crippen LogP contribution in [-0.2, 0) is 11.3 Å². The van der Waals surface area contributed by atoms with Crippen LogP contribution in [0.3, 0.4) is 0 Å². The fourth-order valence-electron chi connectivity index (χ4n) is 3.65. The van der Waals surface area contributed by atoms with Crippen molar-refractivity contribution < 1.29 is 13.7 Å². The highest BCUT2D eigenvalue weighted by atomic mass is 19.1. The average molecular weight is 383 g/mol. The van der Waals surface area contributed by atoms with Gasteiger partial charge in [0, 0.05) is 19.6 Å². The van der Waals surface area contributed by atoms with Crippen LogP contribution in [0.1, 0.15) is 25.1 Å². The summed E-state index contributed by atoms with van der Waals surface area (Å²) in [6.07, 6.45) is 2.51. The zero-order valence-corrected chi connectivity index (χ0v) is 15.4. The van der Waals surface area contributed by atoms with Gasteiger partial charge in [-0.3, -0.25) is 9.20 Å². The van der Waals surface area contributed by atoms with E-state index in [-0.39, 0.29) is 35.6 Å². The first-order chi connectivity index (χ1) is 13.6. The molecule has 2 unspecified atom stereocenters. The predicted molar refractivity (Wildman–Crippen MR) is 98.6 cm³/mol. The molecule has 1 aromatic carbocycles. The van der Waals surface area contributed by atoms with E-state index in [1.165, 1.54) is 24.1 Å². The molecule has 5 rings (SSSR count). The molecule has 0 bridgehead atoms. The van der Waals surface area contributed by atoms with E-state index in [4.69, 9.17) is 9.26 Å². The highest BCUT2D eigenvalue weighted by molar-refractivity contribution is 5.83. The molecule has 0 radical (unpaired) electrons. The van der Waals surface area contributed by atoms with Crippen molar-refractivity contribution in [3.63, 3.8) is 0 Å². The number of nitrogens with zero attached hydrogens (tertiary/aromatic N) is 5. The largest absolute Gasteiger partial charge is 0.383 e. The fraction of sp³-hybridized carbons (Fsp3) is 0.368. The van der Waals surface area contributed by atoms with Crippen LogP contribution in [0.2, 0.25) is 0 Å². The van der Waals surface area contributed by atoms with Gasteiger partial charge in [-0.15, -0.1) is 0 Å². The van der Waals surface area contributed by atoms with Gasteiger partial charge in [-0.05, 0) is 24.5 Å². The number of fused-ring (bicyclic) bond motifs is 3. The average Bonchev–Trinajstić information content (AvgIpc) is 3.10. The molecule has 0 saturated heterocycles. The van der Waals surface area contributed by atoms with Crippen LogP contribution in [0.5, 0.6) is 0 Å². The van der Waals surface area contributed by atoms with Gasteiger partial charge in [-0.1, -0.05) is 18.1 Å². The molecule has 0 N–H and O–H groups in total. The molecule has 2 atom stereocenters. The van der Waals surface area contributed by atoms with Crippen LogP contribution in [0, 0.1) is 11.7 Å². The van der Waals surface area contributed by atoms with E-state index in [0.717, 1.165) is 6.42 Å². The Kier molecular flexibility index (Phi) is 3.80. The normalized spacial score (nSPS) is 19.0. The van der Waals surface area contributed by atoms with E-state index < -0.39 is 5.82 Å². The molecule has 0 spiro atoms. The Morgan fingerprint density at radius 1 is 1.36 bits per heavy atom. The lowest BCUT2D eigenvalue weighted by atomic mass is 10.2. The molecule has 0 amide bonds. The summed E-state index contributed by atoms with van der Waals surface area (Å²) >= 11 is 0. The Morgan fingerprint density at radius 2 is 2.18 bits per heavy atom. The monoisotopic (exact) mass is 383 g/mol. The van der Waals surface area contributed by atoms with E-state index in [2.05, 4.69) is 22.0 Å². The lowest BCUT2D eigenvalue weighted by Crippen LogP contribution is -2.25. The van der Waals surface area contributed by atoms with E-state index in [0.29, 0.717) is 28.9 Å². The molecule has 9 heteroatoms. The van der Waals surface area contributed by atoms with Crippen molar-refractivity contribution >= 4 is 16.6 Å². The summed E-state index contributed by atoms with van der Waals surface area (Å²) in [4.78, 5) is 22.0. The van der Waals surface area contributed by atoms with Crippen LogP contribution in [0.4, 0.5) is 4.39 Å². The molecule has 28 heavy (non-hydrogen) atoms. The molecule has 8 nitrogen and oxygen atoms in total. The molecule has 1 aliphatic carbocycles. The zero-order valence-electron chi connectivity index (χ0n) is 15.4. The lowest BCUT2D eigenvalue weighted by Gasteiger charge is -2.12. The molecular weight excluding hydrogens is 365 g/mol. The zero-order chi connectivity index (χ0) is 19.4. The number of halogens is 1. The number of aromatic nitrogens is 5. The van der Waals surface area contributed by atoms with Gasteiger partial charge in [0.05, 0.1) is 12.1 Å². The van der Waals surface area contributed by atoms with Gasteiger partial charge < -0.3 is 13.8 Å². The first-order valence-corrected chi connectivity index (χ1v) is 9.11. The minimum Gasteiger partial charge on any atom is -0.383 e. The summed E-state index contributed by atoms with van der Waals surface area (Å²) in [5.74, 6) is 1.17. The maximum absolute atomic E-state index is 14.6. The maximum atomic E-state index is 14.6. The highest BCUT2D eigenvalue weighted by Crippen LogP contribution is 2.45. The van der Waals surface area contributed by atoms with Crippen molar-refractivity contribution in [3.05, 3.63) is 46.5 Å². The number of hydrogen-bond donors (Lipinski definition) is 0. The molecule has 4 aromatic rings. The fourth-order valence-corrected chi connectivity index (χ4v) is 3.65. The van der Waals surface area contributed by atoms with Crippen LogP contribution >= 0.6 is 0 Å². The molecule has 1 fully saturated rings. The number of rotatable bonds is 5. The predicted octanol–water partition coefficient (Wildman–Crippen LogP) is 2.61. The topological polar surface area (TPSA) is 87.5 Å². The second-order valence-corrected chi connectivity index (χ2v) is 7.15. The summed E-state index contributed by atoms with van der Waals surface area (Å²) in [6.45, 7) is 2.61. The maximum Gasteiger partial charge on any atom is 0.278 e. The Bertz CT molecular complexity index is 1260. The van der Waals surface area contributed by atoms with Gasteiger partial charge in [-0.25, -0.2) is 9.37 Å². The van der Waals surface area contributed by atoms with Gasteiger partial charge in [0.25, 0.3) is 11.4 Å². The molecule has 1 aliphatic rings. The highest BCUT2D eigenvalue weighted by Gasteiger charge is 2.38. The lowest BCUT2D eigenvalue weighted by molar-refractivity contribution is 0.187. The van der Waals surface area contributed by atoms with E-state index in [1.807, 2.05) is 0 Å². The third-order valence-corrected chi connectivity index (χ3v) is 5.31. The van der Waals surface area contributed by atoms with Crippen LogP contribution in [0.25, 0.3) is 28.1 Å². The summed E-state index contributed by atoms with van der Waals surface area (Å²) in [5.41, 5.74) is 0.920. The van der Waals surface area contributed by atoms with E-state index in [9.17, 15) is 9.18 Å². The summed E-state index contributed by atoms with van der Waals surface area (Å²) in [6, 6.07) is 4.67. The van der Waals surface area contributed by atoms with E-state index >= 15 is 0 Å². The van der Waals surface area contributed by atoms with Crippen LogP contribution < -0.4 is 5.56 Å². The second-order valence-electron chi connectivity index (χ2n) is 7.15. The van der Waals surface area contributed by atoms with Crippen molar-refractivity contribution in [2.75, 3.05) is 13.7 Å². The van der Waals surface area contributed by atoms with Gasteiger partial charge in [0.2, 0.25) is 0 Å². The Balaban J connectivity index is 1.76. The Labute approximate surface area is 158 Å². The minimum atomic E-state index is -0.481. The van der Waals surface area contributed by atoms with Gasteiger partial charge in [0.1, 0.15) is 23.2 Å². The summed E-state index contributed by atoms with van der Waals surface area (Å²) in [5, 5.41) is 4.05. The number of benzene rings is 1. The first kappa shape index (κ1) is 17.1. The van der Waals surface area contributed by atoms with Gasteiger partial charge in [0.15, 0.2) is 11.5 Å². The minimum absolute atomic E-state index is 0.197. The summed E-state index contributed by atoms with van der Waals surface area (Å²) in [7, 11) is 1.53. The third-order valence-electron chi connectivity index (χ3n) is 5.31. The van der Waals surface area contributed by atoms with Crippen LogP contribution in [0.15, 0.2) is 33.8 Å². The quantitative estimate of drug-likeness (QED) is 0.526. The van der Waals surface area contributed by atoms with Crippen molar-refractivity contribution in [2.24, 2.45) is 5.92 Å². The first-order valence-electron chi connectivity index (χ1n) is 9.11. The SMILES string of the molecule is COCCn1c(=O)c2c(-c3nc(C4CC4C)no3)ncn2c2cccc(F)c21. The molecule has 0 aliphatic heterocycles. The van der Waals surface area contributed by atoms with Gasteiger partial charge >= 0.3 is 0 Å². The number of ether oxygens (including phenoxy) is 1. The van der Waals surface area contributed by atoms with E-state index in [1.54, 1.807) is 16.5 Å². The Morgan fingerprint density at radius 3 is 2.93 bits per heavy atom. The van der Waals surface area contributed by atoms with Crippen molar-refractivity contribution in [1.82, 2.24) is 24.1 Å². The molecule has 3 heterocycles. The number of para-hydroxylation sites is 1. The Hall–Kier alpha value is -3.07. The van der Waals surface area contributed by atoms with Crippen molar-refractivity contribution in [1.29, 1.82) is 0 Å². The van der Waals surface area contributed by atoms with Crippen LogP contribution in [-0.4, -0.2) is 37.8 Å². The molecular formula is C19H18FN5O3. The number of hydrogen-bond acceptors (Lipinski definition) is 6. The number of imidazole rings is 1. The number of methoxy groups -OCH3 is 1. The van der Waals surface area contributed by atoms with Gasteiger partial charge in [-0.2, -0.15) is 4.98 Å². The van der Waals surface area contributed by atoms with Crippen molar-refractivity contribution in [2.45, 2.75) is 25.8 Å². The third kappa shape index (κ3) is 2.46. The standard InChI is InChI=1S/C19H18FN5O3/c1-10-8-11(10)17-22-18(28-23-17)14-16-19(26)24(6-7-27-2)15-12(20)4-3-5-13(15)25(16)9-21-14/h3-5,9-11H,6-8H2,1-2H3. The smallest absolute Gasteiger partial charge is 0.278 e. The second kappa shape index (κ2) is 6.23. The molecule has 144 valence electrons. The molecule has 3 aromatic heterocycles. The molecule has 1 saturated carbocycles.